The van der Waals surface area contributed by atoms with Crippen LogP contribution in [0.15, 0.2) is 24.3 Å². The van der Waals surface area contributed by atoms with Crippen molar-refractivity contribution in [3.05, 3.63) is 35.4 Å². The second-order valence-electron chi connectivity index (χ2n) is 4.20. The van der Waals surface area contributed by atoms with Gasteiger partial charge in [0.25, 0.3) is 0 Å². The maximum atomic E-state index is 10.9. The Bertz CT molecular complexity index is 437. The van der Waals surface area contributed by atoms with Gasteiger partial charge in [-0.3, -0.25) is 0 Å². The zero-order valence-electron chi connectivity index (χ0n) is 9.68. The topological polar surface area (TPSA) is 54.4 Å². The summed E-state index contributed by atoms with van der Waals surface area (Å²) in [5.41, 5.74) is 1.95. The number of rotatable bonds is 5. The number of benzene rings is 1. The van der Waals surface area contributed by atoms with Crippen molar-refractivity contribution in [3.8, 4) is 0 Å². The molecule has 1 aromatic rings. The Balaban J connectivity index is 2.50. The van der Waals surface area contributed by atoms with Crippen molar-refractivity contribution >= 4 is 9.84 Å². The van der Waals surface area contributed by atoms with Crippen molar-refractivity contribution in [3.63, 3.8) is 0 Å². The molecule has 0 aromatic heterocycles. The van der Waals surface area contributed by atoms with Crippen LogP contribution in [-0.2, 0) is 9.84 Å². The minimum Gasteiger partial charge on any atom is -0.388 e. The van der Waals surface area contributed by atoms with Crippen LogP contribution in [0.5, 0.6) is 0 Å². The van der Waals surface area contributed by atoms with Gasteiger partial charge in [0.2, 0.25) is 0 Å². The molecule has 90 valence electrons. The zero-order valence-corrected chi connectivity index (χ0v) is 10.5. The molecule has 0 saturated carbocycles. The van der Waals surface area contributed by atoms with Crippen LogP contribution in [-0.4, -0.2) is 25.5 Å². The van der Waals surface area contributed by atoms with E-state index in [1.807, 2.05) is 31.2 Å². The van der Waals surface area contributed by atoms with Gasteiger partial charge in [-0.1, -0.05) is 29.8 Å². The van der Waals surface area contributed by atoms with Gasteiger partial charge in [0, 0.05) is 12.0 Å². The highest BCUT2D eigenvalue weighted by Crippen LogP contribution is 2.19. The van der Waals surface area contributed by atoms with E-state index in [9.17, 15) is 13.5 Å². The molecular formula is C12H18O3S. The summed E-state index contributed by atoms with van der Waals surface area (Å²) in [5.74, 6) is 0.135. The Morgan fingerprint density at radius 2 is 2.06 bits per heavy atom. The van der Waals surface area contributed by atoms with Crippen molar-refractivity contribution < 1.29 is 13.5 Å². The number of sulfone groups is 1. The first-order valence-corrected chi connectivity index (χ1v) is 7.37. The molecule has 0 amide bonds. The van der Waals surface area contributed by atoms with Crippen molar-refractivity contribution in [2.45, 2.75) is 25.9 Å². The summed E-state index contributed by atoms with van der Waals surface area (Å²) < 4.78 is 21.8. The van der Waals surface area contributed by atoms with Gasteiger partial charge in [0.1, 0.15) is 9.84 Å². The van der Waals surface area contributed by atoms with E-state index in [0.29, 0.717) is 12.8 Å². The second-order valence-corrected chi connectivity index (χ2v) is 6.46. The first kappa shape index (κ1) is 13.2. The summed E-state index contributed by atoms with van der Waals surface area (Å²) in [6, 6.07) is 7.64. The summed E-state index contributed by atoms with van der Waals surface area (Å²) in [6.07, 6.45) is 1.62. The van der Waals surface area contributed by atoms with E-state index in [-0.39, 0.29) is 5.75 Å². The third kappa shape index (κ3) is 4.77. The van der Waals surface area contributed by atoms with E-state index < -0.39 is 15.9 Å². The van der Waals surface area contributed by atoms with Gasteiger partial charge in [0.05, 0.1) is 6.10 Å². The lowest BCUT2D eigenvalue weighted by molar-refractivity contribution is 0.166. The average molecular weight is 242 g/mol. The lowest BCUT2D eigenvalue weighted by atomic mass is 10.0. The minimum absolute atomic E-state index is 0.135. The molecular weight excluding hydrogens is 224 g/mol. The molecule has 4 heteroatoms. The lowest BCUT2D eigenvalue weighted by Crippen LogP contribution is -2.05. The highest BCUT2D eigenvalue weighted by atomic mass is 32.2. The SMILES string of the molecule is Cc1cccc(C(O)CCCS(C)(=O)=O)c1. The zero-order chi connectivity index (χ0) is 12.2. The molecule has 0 spiro atoms. The van der Waals surface area contributed by atoms with Crippen LogP contribution in [0.25, 0.3) is 0 Å². The fourth-order valence-corrected chi connectivity index (χ4v) is 2.27. The summed E-state index contributed by atoms with van der Waals surface area (Å²) in [6.45, 7) is 1.97. The normalized spacial score (nSPS) is 13.7. The largest absolute Gasteiger partial charge is 0.388 e. The molecule has 0 aliphatic rings. The first-order valence-electron chi connectivity index (χ1n) is 5.31. The fourth-order valence-electron chi connectivity index (χ4n) is 1.58. The van der Waals surface area contributed by atoms with E-state index in [1.54, 1.807) is 0 Å². The predicted molar refractivity (Wildman–Crippen MR) is 65.1 cm³/mol. The highest BCUT2D eigenvalue weighted by molar-refractivity contribution is 7.90. The fraction of sp³-hybridized carbons (Fsp3) is 0.500. The summed E-state index contributed by atoms with van der Waals surface area (Å²) in [7, 11) is -2.92. The maximum Gasteiger partial charge on any atom is 0.147 e. The van der Waals surface area contributed by atoms with Crippen LogP contribution in [0.2, 0.25) is 0 Å². The third-order valence-corrected chi connectivity index (χ3v) is 3.45. The molecule has 0 fully saturated rings. The van der Waals surface area contributed by atoms with Crippen LogP contribution in [0.3, 0.4) is 0 Å². The predicted octanol–water partition coefficient (Wildman–Crippen LogP) is 1.85. The van der Waals surface area contributed by atoms with Gasteiger partial charge in [-0.05, 0) is 25.3 Å². The molecule has 1 unspecified atom stereocenters. The summed E-state index contributed by atoms with van der Waals surface area (Å²) >= 11 is 0. The second kappa shape index (κ2) is 5.46. The number of aryl methyl sites for hydroxylation is 1. The Morgan fingerprint density at radius 3 is 2.62 bits per heavy atom. The molecule has 3 nitrogen and oxygen atoms in total. The van der Waals surface area contributed by atoms with Crippen LogP contribution in [0.1, 0.15) is 30.1 Å². The standard InChI is InChI=1S/C12H18O3S/c1-10-5-3-6-11(9-10)12(13)7-4-8-16(2,14)15/h3,5-6,9,12-13H,4,7-8H2,1-2H3. The first-order chi connectivity index (χ1) is 7.38. The number of aliphatic hydroxyl groups excluding tert-OH is 1. The number of hydrogen-bond donors (Lipinski definition) is 1. The average Bonchev–Trinajstić information content (AvgIpc) is 2.15. The van der Waals surface area contributed by atoms with E-state index in [0.717, 1.165) is 11.1 Å². The van der Waals surface area contributed by atoms with Crippen LogP contribution >= 0.6 is 0 Å². The summed E-state index contributed by atoms with van der Waals surface area (Å²) in [5, 5.41) is 9.85. The van der Waals surface area contributed by atoms with Gasteiger partial charge < -0.3 is 5.11 Å². The highest BCUT2D eigenvalue weighted by Gasteiger charge is 2.09. The van der Waals surface area contributed by atoms with Gasteiger partial charge in [-0.15, -0.1) is 0 Å². The Kier molecular flexibility index (Phi) is 4.50. The van der Waals surface area contributed by atoms with Gasteiger partial charge in [0.15, 0.2) is 0 Å². The van der Waals surface area contributed by atoms with Crippen molar-refractivity contribution in [2.75, 3.05) is 12.0 Å². The molecule has 0 aliphatic carbocycles. The molecule has 1 aromatic carbocycles. The quantitative estimate of drug-likeness (QED) is 0.857. The Labute approximate surface area is 97.0 Å². The van der Waals surface area contributed by atoms with E-state index in [4.69, 9.17) is 0 Å². The Hall–Kier alpha value is -0.870. The third-order valence-electron chi connectivity index (χ3n) is 2.42. The van der Waals surface area contributed by atoms with Crippen LogP contribution in [0, 0.1) is 6.92 Å². The van der Waals surface area contributed by atoms with E-state index in [2.05, 4.69) is 0 Å². The van der Waals surface area contributed by atoms with Gasteiger partial charge in [-0.25, -0.2) is 8.42 Å². The molecule has 0 aliphatic heterocycles. The molecule has 16 heavy (non-hydrogen) atoms. The molecule has 1 atom stereocenters. The molecule has 0 heterocycles. The van der Waals surface area contributed by atoms with Crippen molar-refractivity contribution in [1.29, 1.82) is 0 Å². The molecule has 0 saturated heterocycles. The van der Waals surface area contributed by atoms with Crippen LogP contribution in [0.4, 0.5) is 0 Å². The van der Waals surface area contributed by atoms with E-state index in [1.165, 1.54) is 6.26 Å². The van der Waals surface area contributed by atoms with Gasteiger partial charge in [-0.2, -0.15) is 0 Å². The molecule has 1 N–H and O–H groups in total. The van der Waals surface area contributed by atoms with Crippen molar-refractivity contribution in [1.82, 2.24) is 0 Å². The van der Waals surface area contributed by atoms with Gasteiger partial charge >= 0.3 is 0 Å². The monoisotopic (exact) mass is 242 g/mol. The summed E-state index contributed by atoms with van der Waals surface area (Å²) in [4.78, 5) is 0. The van der Waals surface area contributed by atoms with E-state index >= 15 is 0 Å². The molecule has 0 radical (unpaired) electrons. The smallest absolute Gasteiger partial charge is 0.147 e. The maximum absolute atomic E-state index is 10.9. The molecule has 0 bridgehead atoms. The van der Waals surface area contributed by atoms with Crippen LogP contribution < -0.4 is 0 Å². The number of aliphatic hydroxyl groups is 1. The van der Waals surface area contributed by atoms with Crippen molar-refractivity contribution in [2.24, 2.45) is 0 Å². The lowest BCUT2D eigenvalue weighted by Gasteiger charge is -2.11. The Morgan fingerprint density at radius 1 is 1.38 bits per heavy atom. The minimum atomic E-state index is -2.92. The molecule has 1 rings (SSSR count). The number of hydrogen-bond acceptors (Lipinski definition) is 3.